The Morgan fingerprint density at radius 1 is 1.13 bits per heavy atom. The number of hydrogen-bond acceptors (Lipinski definition) is 3. The number of amides is 3. The van der Waals surface area contributed by atoms with Gasteiger partial charge in [-0.15, -0.1) is 0 Å². The third-order valence-electron chi connectivity index (χ3n) is 2.30. The normalized spacial score (nSPS) is 24.5. The number of aldehydes is 1. The lowest BCUT2D eigenvalue weighted by Crippen LogP contribution is -2.45. The van der Waals surface area contributed by atoms with Crippen molar-refractivity contribution in [3.8, 4) is 0 Å². The average molecular weight is 204 g/mol. The van der Waals surface area contributed by atoms with Crippen molar-refractivity contribution in [1.29, 1.82) is 0 Å². The molecule has 1 aliphatic rings. The van der Waals surface area contributed by atoms with E-state index in [1.54, 1.807) is 30.3 Å². The van der Waals surface area contributed by atoms with E-state index in [9.17, 15) is 14.4 Å². The summed E-state index contributed by atoms with van der Waals surface area (Å²) in [5.74, 6) is -0.645. The van der Waals surface area contributed by atoms with E-state index in [4.69, 9.17) is 0 Å². The summed E-state index contributed by atoms with van der Waals surface area (Å²) >= 11 is 0. The third-order valence-corrected chi connectivity index (χ3v) is 2.30. The second kappa shape index (κ2) is 3.20. The molecule has 5 nitrogen and oxygen atoms in total. The Balaban J connectivity index is 2.52. The summed E-state index contributed by atoms with van der Waals surface area (Å²) in [6.45, 7) is 0. The molecule has 1 saturated heterocycles. The number of urea groups is 1. The van der Waals surface area contributed by atoms with E-state index in [0.717, 1.165) is 0 Å². The zero-order chi connectivity index (χ0) is 10.9. The Bertz CT molecular complexity index is 430. The molecule has 3 amide bonds. The monoisotopic (exact) mass is 204 g/mol. The van der Waals surface area contributed by atoms with E-state index in [-0.39, 0.29) is 0 Å². The molecule has 1 heterocycles. The highest BCUT2D eigenvalue weighted by molar-refractivity contribution is 6.15. The maximum Gasteiger partial charge on any atom is 0.322 e. The van der Waals surface area contributed by atoms with Gasteiger partial charge in [-0.25, -0.2) is 4.79 Å². The van der Waals surface area contributed by atoms with Gasteiger partial charge in [0.25, 0.3) is 5.91 Å². The molecule has 2 N–H and O–H groups in total. The lowest BCUT2D eigenvalue weighted by atomic mass is 9.92. The molecule has 0 spiro atoms. The van der Waals surface area contributed by atoms with Crippen LogP contribution >= 0.6 is 0 Å². The van der Waals surface area contributed by atoms with Gasteiger partial charge in [-0.05, 0) is 5.56 Å². The molecule has 1 aromatic carbocycles. The molecular formula is C10H8N2O3. The summed E-state index contributed by atoms with van der Waals surface area (Å²) < 4.78 is 0. The highest BCUT2D eigenvalue weighted by atomic mass is 16.2. The largest absolute Gasteiger partial charge is 0.322 e. The summed E-state index contributed by atoms with van der Waals surface area (Å²) in [5.41, 5.74) is -1.12. The van der Waals surface area contributed by atoms with E-state index >= 15 is 0 Å². The average Bonchev–Trinajstić information content (AvgIpc) is 2.56. The molecule has 5 heteroatoms. The SMILES string of the molecule is O=C[C@]1(c2ccccc2)NC(=O)NC1=O. The van der Waals surface area contributed by atoms with Gasteiger partial charge in [0.15, 0.2) is 6.29 Å². The van der Waals surface area contributed by atoms with Crippen LogP contribution in [0.1, 0.15) is 5.56 Å². The quantitative estimate of drug-likeness (QED) is 0.402. The molecule has 1 aliphatic heterocycles. The Morgan fingerprint density at radius 2 is 1.80 bits per heavy atom. The summed E-state index contributed by atoms with van der Waals surface area (Å²) in [6.07, 6.45) is 0.433. The second-order valence-corrected chi connectivity index (χ2v) is 3.20. The summed E-state index contributed by atoms with van der Waals surface area (Å²) in [5, 5.41) is 4.35. The predicted octanol–water partition coefficient (Wildman–Crippen LogP) is -0.0798. The van der Waals surface area contributed by atoms with Crippen molar-refractivity contribution < 1.29 is 14.4 Å². The standard InChI is InChI=1S/C10H8N2O3/c13-6-10(7-4-2-1-3-5-7)8(14)11-9(15)12-10/h1-6H,(H2,11,12,14,15)/t10-/m1/s1. The molecule has 1 aromatic rings. The molecule has 0 aromatic heterocycles. The second-order valence-electron chi connectivity index (χ2n) is 3.20. The van der Waals surface area contributed by atoms with Gasteiger partial charge in [-0.2, -0.15) is 0 Å². The smallest absolute Gasteiger partial charge is 0.314 e. The van der Waals surface area contributed by atoms with E-state index in [2.05, 4.69) is 5.32 Å². The van der Waals surface area contributed by atoms with E-state index in [1.807, 2.05) is 5.32 Å². The number of rotatable bonds is 2. The number of hydrogen-bond donors (Lipinski definition) is 2. The highest BCUT2D eigenvalue weighted by Gasteiger charge is 2.47. The van der Waals surface area contributed by atoms with Crippen LogP contribution in [-0.2, 0) is 15.1 Å². The number of benzene rings is 1. The van der Waals surface area contributed by atoms with Crippen molar-refractivity contribution in [2.24, 2.45) is 0 Å². The topological polar surface area (TPSA) is 75.3 Å². The predicted molar refractivity (Wildman–Crippen MR) is 50.9 cm³/mol. The molecule has 76 valence electrons. The first-order valence-corrected chi connectivity index (χ1v) is 4.34. The van der Waals surface area contributed by atoms with Gasteiger partial charge in [-0.3, -0.25) is 14.9 Å². The Labute approximate surface area is 85.5 Å². The molecule has 1 fully saturated rings. The minimum Gasteiger partial charge on any atom is -0.314 e. The maximum atomic E-state index is 11.5. The molecule has 1 atom stereocenters. The van der Waals surface area contributed by atoms with Gasteiger partial charge >= 0.3 is 6.03 Å². The lowest BCUT2D eigenvalue weighted by Gasteiger charge is -2.18. The Kier molecular flexibility index (Phi) is 2.00. The van der Waals surface area contributed by atoms with E-state index in [0.29, 0.717) is 11.8 Å². The van der Waals surface area contributed by atoms with Gasteiger partial charge in [0.1, 0.15) is 0 Å². The van der Waals surface area contributed by atoms with Crippen LogP contribution in [0.5, 0.6) is 0 Å². The first-order chi connectivity index (χ1) is 7.19. The van der Waals surface area contributed by atoms with Crippen LogP contribution in [0.4, 0.5) is 4.79 Å². The zero-order valence-corrected chi connectivity index (χ0v) is 7.69. The van der Waals surface area contributed by atoms with Crippen molar-refractivity contribution in [2.75, 3.05) is 0 Å². The van der Waals surface area contributed by atoms with Crippen molar-refractivity contribution in [1.82, 2.24) is 10.6 Å². The van der Waals surface area contributed by atoms with Crippen LogP contribution in [0.2, 0.25) is 0 Å². The van der Waals surface area contributed by atoms with Crippen molar-refractivity contribution in [3.05, 3.63) is 35.9 Å². The molecule has 15 heavy (non-hydrogen) atoms. The van der Waals surface area contributed by atoms with Gasteiger partial charge in [-0.1, -0.05) is 30.3 Å². The molecule has 0 unspecified atom stereocenters. The van der Waals surface area contributed by atoms with Crippen LogP contribution in [0.25, 0.3) is 0 Å². The van der Waals surface area contributed by atoms with Gasteiger partial charge in [0.05, 0.1) is 0 Å². The minimum absolute atomic E-state index is 0.433. The fourth-order valence-electron chi connectivity index (χ4n) is 1.52. The number of imide groups is 1. The fraction of sp³-hybridized carbons (Fsp3) is 0.100. The third kappa shape index (κ3) is 1.28. The van der Waals surface area contributed by atoms with Crippen molar-refractivity contribution in [2.45, 2.75) is 5.54 Å². The van der Waals surface area contributed by atoms with Gasteiger partial charge in [0.2, 0.25) is 5.54 Å². The van der Waals surface area contributed by atoms with Crippen molar-refractivity contribution in [3.63, 3.8) is 0 Å². The Morgan fingerprint density at radius 3 is 2.27 bits per heavy atom. The molecule has 2 rings (SSSR count). The van der Waals surface area contributed by atoms with Gasteiger partial charge in [0, 0.05) is 0 Å². The zero-order valence-electron chi connectivity index (χ0n) is 7.69. The highest BCUT2D eigenvalue weighted by Crippen LogP contribution is 2.22. The van der Waals surface area contributed by atoms with E-state index in [1.165, 1.54) is 0 Å². The van der Waals surface area contributed by atoms with E-state index < -0.39 is 17.5 Å². The summed E-state index contributed by atoms with van der Waals surface area (Å²) in [4.78, 5) is 33.5. The molecule has 0 bridgehead atoms. The van der Waals surface area contributed by atoms with Crippen LogP contribution in [-0.4, -0.2) is 18.2 Å². The van der Waals surface area contributed by atoms with Gasteiger partial charge < -0.3 is 5.32 Å². The van der Waals surface area contributed by atoms with Crippen LogP contribution in [0.15, 0.2) is 30.3 Å². The summed E-state index contributed by atoms with van der Waals surface area (Å²) in [6, 6.07) is 7.71. The fourth-order valence-corrected chi connectivity index (χ4v) is 1.52. The molecule has 0 radical (unpaired) electrons. The maximum absolute atomic E-state index is 11.5. The lowest BCUT2D eigenvalue weighted by molar-refractivity contribution is -0.129. The molecule has 0 aliphatic carbocycles. The number of carbonyl (C=O) groups excluding carboxylic acids is 3. The summed E-state index contributed by atoms with van der Waals surface area (Å²) in [7, 11) is 0. The first-order valence-electron chi connectivity index (χ1n) is 4.34. The Hall–Kier alpha value is -2.17. The first kappa shape index (κ1) is 9.39. The van der Waals surface area contributed by atoms with Crippen LogP contribution in [0.3, 0.4) is 0 Å². The minimum atomic E-state index is -1.57. The molecule has 0 saturated carbocycles. The van der Waals surface area contributed by atoms with Crippen molar-refractivity contribution >= 4 is 18.2 Å². The van der Waals surface area contributed by atoms with Crippen LogP contribution in [0, 0.1) is 0 Å². The van der Waals surface area contributed by atoms with Crippen LogP contribution < -0.4 is 10.6 Å². The number of carbonyl (C=O) groups is 3. The number of nitrogens with one attached hydrogen (secondary N) is 2. The molecular weight excluding hydrogens is 196 g/mol.